The van der Waals surface area contributed by atoms with E-state index in [1.54, 1.807) is 0 Å². The van der Waals surface area contributed by atoms with E-state index >= 15 is 0 Å². The first-order valence-electron chi connectivity index (χ1n) is 9.30. The van der Waals surface area contributed by atoms with Crippen molar-refractivity contribution >= 4 is 34.5 Å². The third-order valence-corrected chi connectivity index (χ3v) is 10.7. The van der Waals surface area contributed by atoms with E-state index in [2.05, 4.69) is 110 Å². The standard InChI is InChI=1S/C25H24PS.BrH/c1-20-19-27-21(2)25(20)18-26(22-12-6-3-7-13-22,23-14-8-4-9-15-23)24-16-10-5-11-17-24;/h3-17,19H,18H2,1-2H3;1H/q+1;/p-1. The number of hydrogen-bond donors (Lipinski definition) is 0. The van der Waals surface area contributed by atoms with Gasteiger partial charge < -0.3 is 17.0 Å². The maximum absolute atomic E-state index is 2.32. The first kappa shape index (κ1) is 21.0. The lowest BCUT2D eigenvalue weighted by Crippen LogP contribution is -3.00. The molecule has 0 aliphatic carbocycles. The molecule has 0 spiro atoms. The first-order chi connectivity index (χ1) is 13.2. The smallest absolute Gasteiger partial charge is 0.116 e. The lowest BCUT2D eigenvalue weighted by atomic mass is 10.2. The van der Waals surface area contributed by atoms with E-state index in [0.29, 0.717) is 0 Å². The molecule has 0 nitrogen and oxygen atoms in total. The van der Waals surface area contributed by atoms with Crippen LogP contribution in [0.2, 0.25) is 0 Å². The zero-order valence-corrected chi connectivity index (χ0v) is 19.5. The fourth-order valence-corrected chi connectivity index (χ4v) is 9.26. The third kappa shape index (κ3) is 3.87. The molecule has 3 heteroatoms. The van der Waals surface area contributed by atoms with E-state index in [4.69, 9.17) is 0 Å². The number of aryl methyl sites for hydroxylation is 2. The molecule has 3 aromatic carbocycles. The molecule has 1 aromatic heterocycles. The fourth-order valence-electron chi connectivity index (χ4n) is 3.84. The van der Waals surface area contributed by atoms with Crippen molar-refractivity contribution in [2.45, 2.75) is 20.0 Å². The van der Waals surface area contributed by atoms with Crippen molar-refractivity contribution in [3.63, 3.8) is 0 Å². The van der Waals surface area contributed by atoms with E-state index in [9.17, 15) is 0 Å². The minimum absolute atomic E-state index is 0. The zero-order chi connectivity index (χ0) is 18.7. The zero-order valence-electron chi connectivity index (χ0n) is 16.2. The first-order valence-corrected chi connectivity index (χ1v) is 12.2. The van der Waals surface area contributed by atoms with E-state index < -0.39 is 7.26 Å². The summed E-state index contributed by atoms with van der Waals surface area (Å²) in [7, 11) is -1.79. The van der Waals surface area contributed by atoms with E-state index in [1.807, 2.05) is 11.3 Å². The van der Waals surface area contributed by atoms with Gasteiger partial charge in [-0.3, -0.25) is 0 Å². The summed E-state index contributed by atoms with van der Waals surface area (Å²) < 4.78 is 0. The van der Waals surface area contributed by atoms with Crippen LogP contribution in [-0.2, 0) is 6.16 Å². The van der Waals surface area contributed by atoms with E-state index in [-0.39, 0.29) is 17.0 Å². The van der Waals surface area contributed by atoms with Gasteiger partial charge in [-0.25, -0.2) is 0 Å². The molecule has 0 saturated carbocycles. The molecule has 28 heavy (non-hydrogen) atoms. The molecule has 4 aromatic rings. The van der Waals surface area contributed by atoms with Crippen LogP contribution in [-0.4, -0.2) is 0 Å². The highest BCUT2D eigenvalue weighted by Crippen LogP contribution is 2.59. The lowest BCUT2D eigenvalue weighted by molar-refractivity contribution is -0.00000530. The minimum atomic E-state index is -1.79. The van der Waals surface area contributed by atoms with E-state index in [0.717, 1.165) is 6.16 Å². The average molecular weight is 467 g/mol. The van der Waals surface area contributed by atoms with Crippen molar-refractivity contribution in [2.24, 2.45) is 0 Å². The Kier molecular flexibility index (Phi) is 6.88. The van der Waals surface area contributed by atoms with Gasteiger partial charge in [0, 0.05) is 10.4 Å². The van der Waals surface area contributed by atoms with Gasteiger partial charge in [-0.05, 0) is 61.2 Å². The highest BCUT2D eigenvalue weighted by Gasteiger charge is 2.46. The van der Waals surface area contributed by atoms with Crippen LogP contribution in [0.3, 0.4) is 0 Å². The van der Waals surface area contributed by atoms with Crippen LogP contribution in [0.15, 0.2) is 96.4 Å². The summed E-state index contributed by atoms with van der Waals surface area (Å²) in [6, 6.07) is 33.4. The molecule has 0 unspecified atom stereocenters. The normalized spacial score (nSPS) is 11.1. The maximum Gasteiger partial charge on any atom is 0.116 e. The predicted octanol–water partition coefficient (Wildman–Crippen LogP) is 2.86. The van der Waals surface area contributed by atoms with Crippen molar-refractivity contribution in [3.8, 4) is 0 Å². The molecule has 0 bridgehead atoms. The Morgan fingerprint density at radius 3 is 1.36 bits per heavy atom. The van der Waals surface area contributed by atoms with Gasteiger partial charge in [0.25, 0.3) is 0 Å². The van der Waals surface area contributed by atoms with Crippen LogP contribution in [0.1, 0.15) is 16.0 Å². The van der Waals surface area contributed by atoms with Gasteiger partial charge in [-0.15, -0.1) is 11.3 Å². The second-order valence-electron chi connectivity index (χ2n) is 6.93. The third-order valence-electron chi connectivity index (χ3n) is 5.30. The Morgan fingerprint density at radius 2 is 1.04 bits per heavy atom. The molecule has 142 valence electrons. The molecule has 0 amide bonds. The molecular weight excluding hydrogens is 443 g/mol. The van der Waals surface area contributed by atoms with Crippen LogP contribution < -0.4 is 32.9 Å². The van der Waals surface area contributed by atoms with Gasteiger partial charge in [0.2, 0.25) is 0 Å². The highest BCUT2D eigenvalue weighted by atomic mass is 79.9. The number of rotatable bonds is 5. The quantitative estimate of drug-likeness (QED) is 0.396. The molecule has 0 N–H and O–H groups in total. The van der Waals surface area contributed by atoms with Gasteiger partial charge in [0.1, 0.15) is 23.2 Å². The summed E-state index contributed by atoms with van der Waals surface area (Å²) in [6.07, 6.45) is 1.08. The summed E-state index contributed by atoms with van der Waals surface area (Å²) in [5, 5.41) is 6.66. The Hall–Kier alpha value is -1.73. The maximum atomic E-state index is 2.32. The molecule has 0 aliphatic rings. The van der Waals surface area contributed by atoms with Crippen LogP contribution >= 0.6 is 18.6 Å². The predicted molar refractivity (Wildman–Crippen MR) is 123 cm³/mol. The average Bonchev–Trinajstić information content (AvgIpc) is 3.05. The highest BCUT2D eigenvalue weighted by molar-refractivity contribution is 7.95. The molecular formula is C25H24BrPS. The Bertz CT molecular complexity index is 894. The molecule has 4 rings (SSSR count). The van der Waals surface area contributed by atoms with Crippen LogP contribution in [0, 0.1) is 13.8 Å². The Labute approximate surface area is 183 Å². The minimum Gasteiger partial charge on any atom is -1.00 e. The van der Waals surface area contributed by atoms with Crippen molar-refractivity contribution < 1.29 is 17.0 Å². The molecule has 0 atom stereocenters. The number of hydrogen-bond acceptors (Lipinski definition) is 1. The molecule has 1 heterocycles. The molecule has 0 aliphatic heterocycles. The molecule has 0 saturated heterocycles. The van der Waals surface area contributed by atoms with Gasteiger partial charge >= 0.3 is 0 Å². The largest absolute Gasteiger partial charge is 1.00 e. The van der Waals surface area contributed by atoms with Gasteiger partial charge in [0.15, 0.2) is 0 Å². The van der Waals surface area contributed by atoms with Crippen molar-refractivity contribution in [1.29, 1.82) is 0 Å². The number of benzene rings is 3. The van der Waals surface area contributed by atoms with Crippen LogP contribution in [0.4, 0.5) is 0 Å². The Morgan fingerprint density at radius 1 is 0.643 bits per heavy atom. The summed E-state index contributed by atoms with van der Waals surface area (Å²) >= 11 is 1.88. The molecule has 0 fully saturated rings. The van der Waals surface area contributed by atoms with Crippen LogP contribution in [0.25, 0.3) is 0 Å². The topological polar surface area (TPSA) is 0 Å². The van der Waals surface area contributed by atoms with Crippen molar-refractivity contribution in [1.82, 2.24) is 0 Å². The summed E-state index contributed by atoms with van der Waals surface area (Å²) in [5.41, 5.74) is 2.94. The monoisotopic (exact) mass is 466 g/mol. The summed E-state index contributed by atoms with van der Waals surface area (Å²) in [6.45, 7) is 4.52. The lowest BCUT2D eigenvalue weighted by Gasteiger charge is -2.28. The summed E-state index contributed by atoms with van der Waals surface area (Å²) in [5.74, 6) is 0. The second kappa shape index (κ2) is 9.18. The van der Waals surface area contributed by atoms with E-state index in [1.165, 1.54) is 31.9 Å². The van der Waals surface area contributed by atoms with Gasteiger partial charge in [-0.2, -0.15) is 0 Å². The summed E-state index contributed by atoms with van der Waals surface area (Å²) in [4.78, 5) is 1.44. The number of thiophene rings is 1. The van der Waals surface area contributed by atoms with Gasteiger partial charge in [-0.1, -0.05) is 54.6 Å². The Balaban J connectivity index is 0.00000225. The van der Waals surface area contributed by atoms with Crippen molar-refractivity contribution in [3.05, 3.63) is 112 Å². The SMILES string of the molecule is Cc1csc(C)c1C[P+](c1ccccc1)(c1ccccc1)c1ccccc1.[Br-]. The van der Waals surface area contributed by atoms with Crippen molar-refractivity contribution in [2.75, 3.05) is 0 Å². The molecule has 0 radical (unpaired) electrons. The van der Waals surface area contributed by atoms with Crippen LogP contribution in [0.5, 0.6) is 0 Å². The number of halogens is 1. The second-order valence-corrected chi connectivity index (χ2v) is 11.5. The van der Waals surface area contributed by atoms with Gasteiger partial charge in [0.05, 0.1) is 6.16 Å². The fraction of sp³-hybridized carbons (Fsp3) is 0.120.